The van der Waals surface area contributed by atoms with Crippen LogP contribution in [0.3, 0.4) is 0 Å². The third-order valence-electron chi connectivity index (χ3n) is 5.20. The maximum atomic E-state index is 11.3. The topological polar surface area (TPSA) is 116 Å². The van der Waals surface area contributed by atoms with Crippen molar-refractivity contribution in [1.82, 2.24) is 10.3 Å². The SMILES string of the molecule is C=C(/C=C\C=C/N)CNC(=N)c1c(/N=C(\C)c2ccc(NC(C)=O)nc2)cccc1-c1ccccc1. The summed E-state index contributed by atoms with van der Waals surface area (Å²) >= 11 is 0. The van der Waals surface area contributed by atoms with Gasteiger partial charge >= 0.3 is 0 Å². The molecule has 0 spiro atoms. The van der Waals surface area contributed by atoms with Crippen molar-refractivity contribution in [2.24, 2.45) is 10.7 Å². The summed E-state index contributed by atoms with van der Waals surface area (Å²) in [5.74, 6) is 0.542. The van der Waals surface area contributed by atoms with Crippen LogP contribution in [0.2, 0.25) is 0 Å². The van der Waals surface area contributed by atoms with Crippen LogP contribution in [-0.2, 0) is 4.79 Å². The average molecular weight is 479 g/mol. The molecule has 0 aliphatic carbocycles. The number of anilines is 1. The lowest BCUT2D eigenvalue weighted by Gasteiger charge is -2.16. The Kier molecular flexibility index (Phi) is 9.06. The number of nitrogens with zero attached hydrogens (tertiary/aromatic N) is 2. The van der Waals surface area contributed by atoms with E-state index >= 15 is 0 Å². The third kappa shape index (κ3) is 7.11. The van der Waals surface area contributed by atoms with E-state index < -0.39 is 0 Å². The van der Waals surface area contributed by atoms with Crippen LogP contribution in [0.1, 0.15) is 25.0 Å². The van der Waals surface area contributed by atoms with Crippen LogP contribution in [0, 0.1) is 5.41 Å². The van der Waals surface area contributed by atoms with Crippen molar-refractivity contribution >= 4 is 29.0 Å². The zero-order valence-corrected chi connectivity index (χ0v) is 20.5. The van der Waals surface area contributed by atoms with Gasteiger partial charge in [-0.05, 0) is 54.1 Å². The maximum Gasteiger partial charge on any atom is 0.222 e. The zero-order valence-electron chi connectivity index (χ0n) is 20.5. The van der Waals surface area contributed by atoms with Gasteiger partial charge in [0.05, 0.1) is 5.69 Å². The van der Waals surface area contributed by atoms with Gasteiger partial charge in [-0.2, -0.15) is 0 Å². The van der Waals surface area contributed by atoms with Crippen molar-refractivity contribution in [3.05, 3.63) is 115 Å². The molecule has 36 heavy (non-hydrogen) atoms. The first-order valence-corrected chi connectivity index (χ1v) is 11.4. The highest BCUT2D eigenvalue weighted by Gasteiger charge is 2.15. The predicted octanol–water partition coefficient (Wildman–Crippen LogP) is 5.35. The molecule has 2 aromatic carbocycles. The summed E-state index contributed by atoms with van der Waals surface area (Å²) in [5.41, 5.74) is 10.9. The second kappa shape index (κ2) is 12.6. The molecule has 7 nitrogen and oxygen atoms in total. The number of nitrogens with two attached hydrogens (primary N) is 1. The van der Waals surface area contributed by atoms with Gasteiger partial charge < -0.3 is 16.4 Å². The normalized spacial score (nSPS) is 11.6. The number of amidine groups is 1. The number of nitrogens with one attached hydrogen (secondary N) is 3. The Hall–Kier alpha value is -4.78. The molecule has 5 N–H and O–H groups in total. The number of amides is 1. The summed E-state index contributed by atoms with van der Waals surface area (Å²) in [7, 11) is 0. The lowest BCUT2D eigenvalue weighted by molar-refractivity contribution is -0.114. The number of hydrogen-bond donors (Lipinski definition) is 4. The molecule has 3 rings (SSSR count). The Bertz CT molecular complexity index is 1320. The summed E-state index contributed by atoms with van der Waals surface area (Å²) in [5, 5.41) is 14.7. The second-order valence-corrected chi connectivity index (χ2v) is 8.01. The first-order chi connectivity index (χ1) is 17.4. The number of hydrogen-bond acceptors (Lipinski definition) is 5. The van der Waals surface area contributed by atoms with Crippen molar-refractivity contribution in [2.45, 2.75) is 13.8 Å². The van der Waals surface area contributed by atoms with Crippen LogP contribution in [0.15, 0.2) is 108 Å². The fourth-order valence-electron chi connectivity index (χ4n) is 3.47. The number of benzene rings is 2. The van der Waals surface area contributed by atoms with Gasteiger partial charge in [-0.15, -0.1) is 0 Å². The Balaban J connectivity index is 1.97. The monoisotopic (exact) mass is 478 g/mol. The largest absolute Gasteiger partial charge is 0.405 e. The zero-order chi connectivity index (χ0) is 25.9. The Labute approximate surface area is 211 Å². The van der Waals surface area contributed by atoms with Gasteiger partial charge in [0.2, 0.25) is 5.91 Å². The highest BCUT2D eigenvalue weighted by molar-refractivity contribution is 6.09. The fourth-order valence-corrected chi connectivity index (χ4v) is 3.47. The Morgan fingerprint density at radius 2 is 1.86 bits per heavy atom. The molecule has 0 fully saturated rings. The van der Waals surface area contributed by atoms with E-state index in [1.54, 1.807) is 24.4 Å². The van der Waals surface area contributed by atoms with E-state index in [2.05, 4.69) is 22.2 Å². The van der Waals surface area contributed by atoms with Crippen LogP contribution in [0.5, 0.6) is 0 Å². The van der Waals surface area contributed by atoms with E-state index in [4.69, 9.17) is 16.1 Å². The molecular weight excluding hydrogens is 448 g/mol. The standard InChI is InChI=1S/C29H30N6O/c1-20(10-7-8-17-30)18-33-29(31)28-25(23-11-5-4-6-12-23)13-9-14-26(28)34-21(2)24-15-16-27(32-19-24)35-22(3)36/h4-17,19H,1,18,30H2,2-3H3,(H2,31,33)(H,32,35,36)/b10-7-,17-8-,34-21+. The maximum absolute atomic E-state index is 11.3. The highest BCUT2D eigenvalue weighted by Crippen LogP contribution is 2.31. The fraction of sp³-hybridized carbons (Fsp3) is 0.103. The molecule has 7 heteroatoms. The predicted molar refractivity (Wildman–Crippen MR) is 149 cm³/mol. The average Bonchev–Trinajstić information content (AvgIpc) is 2.88. The summed E-state index contributed by atoms with van der Waals surface area (Å²) in [6, 6.07) is 19.3. The molecular formula is C29H30N6O. The number of aliphatic imine (C=N–C) groups is 1. The van der Waals surface area contributed by atoms with Gasteiger partial charge in [0.25, 0.3) is 0 Å². The number of aromatic nitrogens is 1. The summed E-state index contributed by atoms with van der Waals surface area (Å²) in [6.45, 7) is 7.75. The first-order valence-electron chi connectivity index (χ1n) is 11.4. The van der Waals surface area contributed by atoms with E-state index in [-0.39, 0.29) is 11.7 Å². The van der Waals surface area contributed by atoms with Gasteiger partial charge in [0.1, 0.15) is 11.7 Å². The molecule has 0 radical (unpaired) electrons. The number of pyridine rings is 1. The highest BCUT2D eigenvalue weighted by atomic mass is 16.1. The van der Waals surface area contributed by atoms with Gasteiger partial charge in [-0.25, -0.2) is 4.98 Å². The molecule has 1 aromatic heterocycles. The van der Waals surface area contributed by atoms with Crippen molar-refractivity contribution < 1.29 is 4.79 Å². The van der Waals surface area contributed by atoms with E-state index in [0.717, 1.165) is 28.0 Å². The van der Waals surface area contributed by atoms with Crippen LogP contribution in [-0.4, -0.2) is 29.0 Å². The van der Waals surface area contributed by atoms with E-state index in [9.17, 15) is 4.79 Å². The van der Waals surface area contributed by atoms with Crippen molar-refractivity contribution in [2.75, 3.05) is 11.9 Å². The van der Waals surface area contributed by atoms with E-state index in [0.29, 0.717) is 23.6 Å². The molecule has 3 aromatic rings. The lowest BCUT2D eigenvalue weighted by Crippen LogP contribution is -2.26. The lowest BCUT2D eigenvalue weighted by atomic mass is 9.97. The molecule has 1 heterocycles. The molecule has 0 bridgehead atoms. The molecule has 0 aliphatic rings. The molecule has 1 amide bonds. The van der Waals surface area contributed by atoms with Crippen LogP contribution < -0.4 is 16.4 Å². The van der Waals surface area contributed by atoms with Gasteiger partial charge in [-0.1, -0.05) is 61.2 Å². The van der Waals surface area contributed by atoms with Gasteiger partial charge in [0.15, 0.2) is 0 Å². The first kappa shape index (κ1) is 25.8. The molecule has 0 aliphatic heterocycles. The molecule has 0 unspecified atom stereocenters. The minimum atomic E-state index is -0.178. The summed E-state index contributed by atoms with van der Waals surface area (Å²) < 4.78 is 0. The molecule has 182 valence electrons. The Morgan fingerprint density at radius 3 is 2.53 bits per heavy atom. The minimum absolute atomic E-state index is 0.178. The second-order valence-electron chi connectivity index (χ2n) is 8.01. The van der Waals surface area contributed by atoms with Crippen LogP contribution in [0.4, 0.5) is 11.5 Å². The summed E-state index contributed by atoms with van der Waals surface area (Å²) in [4.78, 5) is 20.4. The number of carbonyl (C=O) groups is 1. The summed E-state index contributed by atoms with van der Waals surface area (Å²) in [6.07, 6.45) is 8.48. The quantitative estimate of drug-likeness (QED) is 0.188. The molecule has 0 saturated carbocycles. The third-order valence-corrected chi connectivity index (χ3v) is 5.20. The number of carbonyl (C=O) groups excluding carboxylic acids is 1. The molecule has 0 saturated heterocycles. The van der Waals surface area contributed by atoms with Crippen molar-refractivity contribution in [1.29, 1.82) is 5.41 Å². The van der Waals surface area contributed by atoms with Gasteiger partial charge in [-0.3, -0.25) is 15.2 Å². The smallest absolute Gasteiger partial charge is 0.222 e. The number of allylic oxidation sites excluding steroid dienone is 2. The van der Waals surface area contributed by atoms with Crippen LogP contribution >= 0.6 is 0 Å². The van der Waals surface area contributed by atoms with E-state index in [1.165, 1.54) is 13.1 Å². The van der Waals surface area contributed by atoms with Gasteiger partial charge in [0, 0.05) is 36.5 Å². The minimum Gasteiger partial charge on any atom is -0.405 e. The van der Waals surface area contributed by atoms with Crippen LogP contribution in [0.25, 0.3) is 11.1 Å². The van der Waals surface area contributed by atoms with Crippen molar-refractivity contribution in [3.8, 4) is 11.1 Å². The number of rotatable bonds is 9. The van der Waals surface area contributed by atoms with Crippen molar-refractivity contribution in [3.63, 3.8) is 0 Å². The van der Waals surface area contributed by atoms with E-state index in [1.807, 2.05) is 67.6 Å². The molecule has 0 atom stereocenters. The Morgan fingerprint density at radius 1 is 1.08 bits per heavy atom.